The molecule has 0 N–H and O–H groups in total. The first-order chi connectivity index (χ1) is 6.18. The third-order valence-electron chi connectivity index (χ3n) is 1.89. The van der Waals surface area contributed by atoms with Gasteiger partial charge in [-0.25, -0.2) is 0 Å². The van der Waals surface area contributed by atoms with Crippen LogP contribution in [-0.2, 0) is 0 Å². The van der Waals surface area contributed by atoms with Gasteiger partial charge in [0.25, 0.3) is 5.91 Å². The second-order valence-corrected chi connectivity index (χ2v) is 5.32. The molecule has 0 aromatic heterocycles. The normalized spacial score (nSPS) is 14.5. The van der Waals surface area contributed by atoms with E-state index in [9.17, 15) is 4.79 Å². The van der Waals surface area contributed by atoms with E-state index in [-0.39, 0.29) is 5.91 Å². The summed E-state index contributed by atoms with van der Waals surface area (Å²) < 4.78 is 2.15. The lowest BCUT2D eigenvalue weighted by molar-refractivity contribution is 0.0884. The average Bonchev–Trinajstić information content (AvgIpc) is 2.91. The molecular weight excluding hydrogens is 392 g/mol. The van der Waals surface area contributed by atoms with Gasteiger partial charge in [0.1, 0.15) is 0 Å². The number of hydrogen-bond donors (Lipinski definition) is 0. The van der Waals surface area contributed by atoms with E-state index in [1.807, 2.05) is 23.1 Å². The highest BCUT2D eigenvalue weighted by Crippen LogP contribution is 2.20. The second kappa shape index (κ2) is 3.72. The molecule has 0 bridgehead atoms. The van der Waals surface area contributed by atoms with Crippen LogP contribution in [0.1, 0.15) is 10.4 Å². The Morgan fingerprint density at radius 2 is 2.00 bits per heavy atom. The van der Waals surface area contributed by atoms with Crippen LogP contribution in [0.4, 0.5) is 0 Å². The molecule has 0 unspecified atom stereocenters. The molecule has 1 aliphatic rings. The fourth-order valence-electron chi connectivity index (χ4n) is 1.08. The lowest BCUT2D eigenvalue weighted by Crippen LogP contribution is -2.12. The standard InChI is InChI=1S/C9H7I2NO/c10-6-1-2-8(11)7(5-6)9(13)12-3-4-12/h1-2,5H,3-4H2. The molecule has 0 spiro atoms. The van der Waals surface area contributed by atoms with Crippen molar-refractivity contribution in [3.05, 3.63) is 30.9 Å². The number of halogens is 2. The lowest BCUT2D eigenvalue weighted by atomic mass is 10.2. The monoisotopic (exact) mass is 399 g/mol. The summed E-state index contributed by atoms with van der Waals surface area (Å²) in [6.07, 6.45) is 0. The molecule has 0 atom stereocenters. The van der Waals surface area contributed by atoms with Crippen molar-refractivity contribution in [3.8, 4) is 0 Å². The van der Waals surface area contributed by atoms with Crippen LogP contribution in [0.3, 0.4) is 0 Å². The van der Waals surface area contributed by atoms with Gasteiger partial charge in [0.15, 0.2) is 0 Å². The highest BCUT2D eigenvalue weighted by Gasteiger charge is 2.26. The van der Waals surface area contributed by atoms with E-state index in [1.54, 1.807) is 0 Å². The van der Waals surface area contributed by atoms with E-state index in [4.69, 9.17) is 0 Å². The fraction of sp³-hybridized carbons (Fsp3) is 0.222. The highest BCUT2D eigenvalue weighted by atomic mass is 127. The molecule has 1 fully saturated rings. The van der Waals surface area contributed by atoms with Crippen LogP contribution in [0, 0.1) is 7.14 Å². The first kappa shape index (κ1) is 9.70. The Morgan fingerprint density at radius 3 is 2.62 bits per heavy atom. The molecule has 1 aromatic carbocycles. The van der Waals surface area contributed by atoms with E-state index >= 15 is 0 Å². The molecule has 2 rings (SSSR count). The molecular formula is C9H7I2NO. The van der Waals surface area contributed by atoms with Crippen molar-refractivity contribution in [2.24, 2.45) is 0 Å². The number of hydrogen-bond acceptors (Lipinski definition) is 1. The number of carbonyl (C=O) groups excluding carboxylic acids is 1. The summed E-state index contributed by atoms with van der Waals surface area (Å²) in [5.74, 6) is 0.169. The molecule has 1 amide bonds. The van der Waals surface area contributed by atoms with Gasteiger partial charge < -0.3 is 4.90 Å². The Hall–Kier alpha value is 0.150. The average molecular weight is 399 g/mol. The Kier molecular flexibility index (Phi) is 2.77. The zero-order valence-electron chi connectivity index (χ0n) is 6.76. The Balaban J connectivity index is 2.37. The van der Waals surface area contributed by atoms with Gasteiger partial charge in [-0.05, 0) is 63.4 Å². The molecule has 1 heterocycles. The maximum absolute atomic E-state index is 11.7. The highest BCUT2D eigenvalue weighted by molar-refractivity contribution is 14.1. The van der Waals surface area contributed by atoms with E-state index in [2.05, 4.69) is 45.2 Å². The first-order valence-electron chi connectivity index (χ1n) is 3.93. The lowest BCUT2D eigenvalue weighted by Gasteiger charge is -2.04. The summed E-state index contributed by atoms with van der Waals surface area (Å²) in [5, 5.41) is 0. The maximum Gasteiger partial charge on any atom is 0.255 e. The smallest absolute Gasteiger partial charge is 0.255 e. The van der Waals surface area contributed by atoms with E-state index in [1.165, 1.54) is 0 Å². The van der Waals surface area contributed by atoms with E-state index < -0.39 is 0 Å². The summed E-state index contributed by atoms with van der Waals surface area (Å²) in [4.78, 5) is 13.5. The minimum atomic E-state index is 0.169. The van der Waals surface area contributed by atoms with Gasteiger partial charge >= 0.3 is 0 Å². The number of benzene rings is 1. The van der Waals surface area contributed by atoms with Crippen LogP contribution >= 0.6 is 45.2 Å². The summed E-state index contributed by atoms with van der Waals surface area (Å²) in [7, 11) is 0. The summed E-state index contributed by atoms with van der Waals surface area (Å²) in [6, 6.07) is 5.95. The zero-order valence-corrected chi connectivity index (χ0v) is 11.1. The van der Waals surface area contributed by atoms with E-state index in [0.29, 0.717) is 0 Å². The Labute approximate surface area is 104 Å². The topological polar surface area (TPSA) is 20.1 Å². The predicted octanol–water partition coefficient (Wildman–Crippen LogP) is 2.35. The van der Waals surface area contributed by atoms with Gasteiger partial charge in [-0.2, -0.15) is 0 Å². The molecule has 68 valence electrons. The second-order valence-electron chi connectivity index (χ2n) is 2.92. The van der Waals surface area contributed by atoms with Gasteiger partial charge in [-0.15, -0.1) is 0 Å². The van der Waals surface area contributed by atoms with Crippen molar-refractivity contribution in [2.75, 3.05) is 13.1 Å². The summed E-state index contributed by atoms with van der Waals surface area (Å²) in [5.41, 5.74) is 0.838. The predicted molar refractivity (Wildman–Crippen MR) is 67.8 cm³/mol. The van der Waals surface area contributed by atoms with Crippen molar-refractivity contribution in [1.29, 1.82) is 0 Å². The van der Waals surface area contributed by atoms with Crippen LogP contribution in [0.5, 0.6) is 0 Å². The van der Waals surface area contributed by atoms with Crippen molar-refractivity contribution < 1.29 is 4.79 Å². The molecule has 0 aliphatic carbocycles. The van der Waals surface area contributed by atoms with Crippen LogP contribution < -0.4 is 0 Å². The Bertz CT molecular complexity index is 361. The molecule has 2 nitrogen and oxygen atoms in total. The number of carbonyl (C=O) groups is 1. The molecule has 13 heavy (non-hydrogen) atoms. The minimum Gasteiger partial charge on any atom is -0.335 e. The molecule has 1 saturated heterocycles. The largest absolute Gasteiger partial charge is 0.335 e. The minimum absolute atomic E-state index is 0.169. The van der Waals surface area contributed by atoms with Crippen molar-refractivity contribution >= 4 is 51.1 Å². The zero-order chi connectivity index (χ0) is 9.42. The molecule has 1 aromatic rings. The van der Waals surface area contributed by atoms with Crippen molar-refractivity contribution in [3.63, 3.8) is 0 Å². The molecule has 4 heteroatoms. The number of amides is 1. The van der Waals surface area contributed by atoms with Gasteiger partial charge in [-0.1, -0.05) is 0 Å². The van der Waals surface area contributed by atoms with Crippen molar-refractivity contribution in [1.82, 2.24) is 4.90 Å². The molecule has 0 radical (unpaired) electrons. The molecule has 0 saturated carbocycles. The van der Waals surface area contributed by atoms with Crippen LogP contribution in [0.15, 0.2) is 18.2 Å². The van der Waals surface area contributed by atoms with Gasteiger partial charge in [0.2, 0.25) is 0 Å². The van der Waals surface area contributed by atoms with E-state index in [0.717, 1.165) is 25.8 Å². The number of rotatable bonds is 1. The summed E-state index contributed by atoms with van der Waals surface area (Å²) in [6.45, 7) is 1.83. The maximum atomic E-state index is 11.7. The number of nitrogens with zero attached hydrogens (tertiary/aromatic N) is 1. The quantitative estimate of drug-likeness (QED) is 0.525. The SMILES string of the molecule is O=C(c1cc(I)ccc1I)N1CC1. The summed E-state index contributed by atoms with van der Waals surface area (Å²) >= 11 is 4.43. The van der Waals surface area contributed by atoms with Gasteiger partial charge in [0.05, 0.1) is 5.56 Å². The van der Waals surface area contributed by atoms with Crippen LogP contribution in [0.25, 0.3) is 0 Å². The fourth-order valence-corrected chi connectivity index (χ4v) is 2.14. The van der Waals surface area contributed by atoms with Gasteiger partial charge in [0, 0.05) is 20.2 Å². The van der Waals surface area contributed by atoms with Gasteiger partial charge in [-0.3, -0.25) is 4.79 Å². The van der Waals surface area contributed by atoms with Crippen molar-refractivity contribution in [2.45, 2.75) is 0 Å². The third-order valence-corrected chi connectivity index (χ3v) is 3.50. The Morgan fingerprint density at radius 1 is 1.31 bits per heavy atom. The third kappa shape index (κ3) is 2.15. The first-order valence-corrected chi connectivity index (χ1v) is 6.08. The van der Waals surface area contributed by atoms with Crippen LogP contribution in [-0.4, -0.2) is 23.9 Å². The molecule has 1 aliphatic heterocycles. The van der Waals surface area contributed by atoms with Crippen LogP contribution in [0.2, 0.25) is 0 Å².